The number of anilines is 1. The Bertz CT molecular complexity index is 724. The molecule has 1 aliphatic heterocycles. The second-order valence-electron chi connectivity index (χ2n) is 7.39. The van der Waals surface area contributed by atoms with E-state index in [0.29, 0.717) is 18.4 Å². The summed E-state index contributed by atoms with van der Waals surface area (Å²) in [7, 11) is 0. The number of hydrogen-bond acceptors (Lipinski definition) is 4. The van der Waals surface area contributed by atoms with Crippen molar-refractivity contribution in [2.24, 2.45) is 0 Å². The van der Waals surface area contributed by atoms with Gasteiger partial charge in [0, 0.05) is 24.7 Å². The minimum Gasteiger partial charge on any atom is -0.425 e. The normalized spacial score (nSPS) is 21.5. The average molecular weight is 354 g/mol. The molecule has 1 saturated heterocycles. The van der Waals surface area contributed by atoms with E-state index in [1.807, 2.05) is 35.2 Å². The summed E-state index contributed by atoms with van der Waals surface area (Å²) in [5, 5.41) is 11.6. The summed E-state index contributed by atoms with van der Waals surface area (Å²) < 4.78 is 6.03. The summed E-state index contributed by atoms with van der Waals surface area (Å²) in [5.74, 6) is 2.05. The predicted molar refractivity (Wildman–Crippen MR) is 99.1 cm³/mol. The lowest BCUT2D eigenvalue weighted by Crippen LogP contribution is -2.41. The van der Waals surface area contributed by atoms with E-state index in [0.717, 1.165) is 43.8 Å². The van der Waals surface area contributed by atoms with Gasteiger partial charge in [-0.2, -0.15) is 0 Å². The van der Waals surface area contributed by atoms with Gasteiger partial charge in [0.25, 0.3) is 0 Å². The van der Waals surface area contributed by atoms with Gasteiger partial charge in [0.2, 0.25) is 11.8 Å². The topological polar surface area (TPSA) is 71.3 Å². The first-order valence-corrected chi connectivity index (χ1v) is 9.74. The van der Waals surface area contributed by atoms with E-state index in [2.05, 4.69) is 15.5 Å². The number of hydrogen-bond donors (Lipinski definition) is 1. The summed E-state index contributed by atoms with van der Waals surface area (Å²) in [4.78, 5) is 14.4. The molecule has 6 heteroatoms. The van der Waals surface area contributed by atoms with Gasteiger partial charge in [-0.15, -0.1) is 10.2 Å². The Morgan fingerprint density at radius 2 is 1.65 bits per heavy atom. The summed E-state index contributed by atoms with van der Waals surface area (Å²) in [5.41, 5.74) is 0.817. The van der Waals surface area contributed by atoms with Crippen molar-refractivity contribution in [2.75, 3.05) is 18.4 Å². The van der Waals surface area contributed by atoms with E-state index in [-0.39, 0.29) is 11.9 Å². The number of rotatable bonds is 3. The van der Waals surface area contributed by atoms with Gasteiger partial charge in [0.05, 0.1) is 5.92 Å². The maximum absolute atomic E-state index is 12.5. The molecule has 0 spiro atoms. The number of urea groups is 1. The van der Waals surface area contributed by atoms with Gasteiger partial charge in [-0.3, -0.25) is 0 Å². The zero-order valence-electron chi connectivity index (χ0n) is 15.1. The van der Waals surface area contributed by atoms with Crippen LogP contribution in [0.15, 0.2) is 34.7 Å². The van der Waals surface area contributed by atoms with Gasteiger partial charge in [-0.25, -0.2) is 4.79 Å². The number of aromatic nitrogens is 2. The molecule has 26 heavy (non-hydrogen) atoms. The smallest absolute Gasteiger partial charge is 0.321 e. The Labute approximate surface area is 154 Å². The molecule has 1 aromatic carbocycles. The van der Waals surface area contributed by atoms with Crippen molar-refractivity contribution in [2.45, 2.75) is 56.8 Å². The van der Waals surface area contributed by atoms with Gasteiger partial charge >= 0.3 is 6.03 Å². The molecule has 1 aromatic heterocycles. The highest BCUT2D eigenvalue weighted by atomic mass is 16.4. The molecule has 1 atom stereocenters. The first-order chi connectivity index (χ1) is 12.8. The van der Waals surface area contributed by atoms with Crippen LogP contribution in [0.25, 0.3) is 0 Å². The lowest BCUT2D eigenvalue weighted by molar-refractivity contribution is 0.186. The van der Waals surface area contributed by atoms with Crippen LogP contribution in [-0.4, -0.2) is 34.2 Å². The molecule has 4 rings (SSSR count). The Kier molecular flexibility index (Phi) is 5.18. The Morgan fingerprint density at radius 3 is 2.42 bits per heavy atom. The lowest BCUT2D eigenvalue weighted by Gasteiger charge is -2.31. The van der Waals surface area contributed by atoms with E-state index in [1.165, 1.54) is 19.3 Å². The predicted octanol–water partition coefficient (Wildman–Crippen LogP) is 4.53. The third-order valence-corrected chi connectivity index (χ3v) is 5.49. The van der Waals surface area contributed by atoms with E-state index in [9.17, 15) is 4.79 Å². The van der Waals surface area contributed by atoms with Gasteiger partial charge in [0.15, 0.2) is 0 Å². The van der Waals surface area contributed by atoms with Gasteiger partial charge in [-0.1, -0.05) is 37.5 Å². The Balaban J connectivity index is 1.39. The first-order valence-electron chi connectivity index (χ1n) is 9.74. The molecule has 0 bridgehead atoms. The fourth-order valence-corrected chi connectivity index (χ4v) is 4.01. The fraction of sp³-hybridized carbons (Fsp3) is 0.550. The van der Waals surface area contributed by atoms with Crippen molar-refractivity contribution in [1.29, 1.82) is 0 Å². The monoisotopic (exact) mass is 354 g/mol. The number of benzene rings is 1. The van der Waals surface area contributed by atoms with Crippen molar-refractivity contribution in [1.82, 2.24) is 15.1 Å². The van der Waals surface area contributed by atoms with Crippen molar-refractivity contribution in [3.63, 3.8) is 0 Å². The lowest BCUT2D eigenvalue weighted by atomic mass is 9.89. The molecule has 2 amide bonds. The van der Waals surface area contributed by atoms with Crippen molar-refractivity contribution >= 4 is 11.7 Å². The number of carbonyl (C=O) groups is 1. The van der Waals surface area contributed by atoms with Gasteiger partial charge in [0.1, 0.15) is 0 Å². The summed E-state index contributed by atoms with van der Waals surface area (Å²) in [6.45, 7) is 1.39. The number of amides is 2. The van der Waals surface area contributed by atoms with Crippen LogP contribution < -0.4 is 5.32 Å². The summed E-state index contributed by atoms with van der Waals surface area (Å²) >= 11 is 0. The van der Waals surface area contributed by atoms with Gasteiger partial charge in [-0.05, 0) is 37.8 Å². The summed E-state index contributed by atoms with van der Waals surface area (Å²) in [6.07, 6.45) is 8.05. The minimum absolute atomic E-state index is 0.0621. The number of piperidine rings is 1. The molecule has 1 aliphatic carbocycles. The molecule has 138 valence electrons. The molecule has 1 saturated carbocycles. The second-order valence-corrected chi connectivity index (χ2v) is 7.39. The molecule has 0 radical (unpaired) electrons. The van der Waals surface area contributed by atoms with Crippen LogP contribution in [0.4, 0.5) is 10.5 Å². The van der Waals surface area contributed by atoms with Crippen LogP contribution in [0.5, 0.6) is 0 Å². The molecule has 2 aliphatic rings. The van der Waals surface area contributed by atoms with Crippen LogP contribution >= 0.6 is 0 Å². The van der Waals surface area contributed by atoms with E-state index < -0.39 is 0 Å². The molecule has 6 nitrogen and oxygen atoms in total. The Hall–Kier alpha value is -2.37. The van der Waals surface area contributed by atoms with Crippen molar-refractivity contribution in [3.05, 3.63) is 42.1 Å². The van der Waals surface area contributed by atoms with E-state index in [1.54, 1.807) is 0 Å². The highest BCUT2D eigenvalue weighted by Gasteiger charge is 2.30. The second kappa shape index (κ2) is 7.89. The molecule has 1 unspecified atom stereocenters. The van der Waals surface area contributed by atoms with Crippen molar-refractivity contribution < 1.29 is 9.21 Å². The molecular formula is C20H26N4O2. The highest BCUT2D eigenvalue weighted by Crippen LogP contribution is 2.34. The maximum atomic E-state index is 12.5. The van der Waals surface area contributed by atoms with Crippen LogP contribution in [0.2, 0.25) is 0 Å². The number of carbonyl (C=O) groups excluding carboxylic acids is 1. The number of nitrogens with one attached hydrogen (secondary N) is 1. The van der Waals surface area contributed by atoms with Gasteiger partial charge < -0.3 is 14.6 Å². The standard InChI is InChI=1S/C20H26N4O2/c25-20(21-17-11-5-2-6-12-17)24-13-7-10-16(14-24)19-23-22-18(26-19)15-8-3-1-4-9-15/h2,5-6,11-12,15-16H,1,3-4,7-10,13-14H2,(H,21,25). The van der Waals surface area contributed by atoms with E-state index >= 15 is 0 Å². The van der Waals surface area contributed by atoms with Crippen LogP contribution in [0.3, 0.4) is 0 Å². The molecular weight excluding hydrogens is 328 g/mol. The fourth-order valence-electron chi connectivity index (χ4n) is 4.01. The third kappa shape index (κ3) is 3.89. The Morgan fingerprint density at radius 1 is 0.962 bits per heavy atom. The quantitative estimate of drug-likeness (QED) is 0.879. The molecule has 1 N–H and O–H groups in total. The third-order valence-electron chi connectivity index (χ3n) is 5.49. The summed E-state index contributed by atoms with van der Waals surface area (Å²) in [6, 6.07) is 9.50. The maximum Gasteiger partial charge on any atom is 0.321 e. The average Bonchev–Trinajstić information content (AvgIpc) is 3.20. The van der Waals surface area contributed by atoms with Crippen LogP contribution in [0.1, 0.15) is 68.6 Å². The molecule has 2 heterocycles. The number of nitrogens with zero attached hydrogens (tertiary/aromatic N) is 3. The van der Waals surface area contributed by atoms with Crippen molar-refractivity contribution in [3.8, 4) is 0 Å². The zero-order valence-corrected chi connectivity index (χ0v) is 15.1. The van der Waals surface area contributed by atoms with Crippen LogP contribution in [-0.2, 0) is 0 Å². The first kappa shape index (κ1) is 17.1. The highest BCUT2D eigenvalue weighted by molar-refractivity contribution is 5.89. The zero-order chi connectivity index (χ0) is 17.8. The SMILES string of the molecule is O=C(Nc1ccccc1)N1CCCC(c2nnc(C3CCCCC3)o2)C1. The number of likely N-dealkylation sites (tertiary alicyclic amines) is 1. The molecule has 2 fully saturated rings. The van der Waals surface area contributed by atoms with E-state index in [4.69, 9.17) is 4.42 Å². The number of para-hydroxylation sites is 1. The molecule has 2 aromatic rings. The largest absolute Gasteiger partial charge is 0.425 e. The minimum atomic E-state index is -0.0621. The van der Waals surface area contributed by atoms with Crippen LogP contribution in [0, 0.1) is 0 Å².